The maximum Gasteiger partial charge on any atom is 0.416 e. The van der Waals surface area contributed by atoms with Gasteiger partial charge >= 0.3 is 6.18 Å². The fraction of sp³-hybridized carbons (Fsp3) is 0.250. The summed E-state index contributed by atoms with van der Waals surface area (Å²) in [5.41, 5.74) is 4.04. The number of pyridine rings is 1. The SMILES string of the molecule is Cc1ccc(CN(Cc2cccc(C(F)(F)F)c2)Cc2nc(C(=O)NCc3cccnc3)co2)c(C)c1. The summed E-state index contributed by atoms with van der Waals surface area (Å²) < 4.78 is 45.3. The molecule has 4 rings (SSSR count). The number of carbonyl (C=O) groups excluding carboxylic acids is 1. The normalized spacial score (nSPS) is 11.6. The van der Waals surface area contributed by atoms with Crippen LogP contribution in [0, 0.1) is 13.8 Å². The predicted molar refractivity (Wildman–Crippen MR) is 132 cm³/mol. The minimum absolute atomic E-state index is 0.129. The number of amides is 1. The van der Waals surface area contributed by atoms with Crippen LogP contribution in [0.1, 0.15) is 49.8 Å². The Morgan fingerprint density at radius 3 is 2.54 bits per heavy atom. The molecule has 2 heterocycles. The van der Waals surface area contributed by atoms with Crippen molar-refractivity contribution in [3.05, 3.63) is 118 Å². The molecule has 1 N–H and O–H groups in total. The Kier molecular flexibility index (Phi) is 8.03. The molecule has 0 spiro atoms. The number of rotatable bonds is 9. The summed E-state index contributed by atoms with van der Waals surface area (Å²) in [6.07, 6.45) is 0.175. The molecule has 0 aliphatic rings. The average Bonchev–Trinajstić information content (AvgIpc) is 3.33. The first-order valence-electron chi connectivity index (χ1n) is 11.7. The van der Waals surface area contributed by atoms with Gasteiger partial charge in [-0.1, -0.05) is 48.0 Å². The second kappa shape index (κ2) is 11.4. The molecule has 1 amide bonds. The molecule has 0 fully saturated rings. The zero-order valence-corrected chi connectivity index (χ0v) is 20.5. The van der Waals surface area contributed by atoms with E-state index < -0.39 is 17.6 Å². The summed E-state index contributed by atoms with van der Waals surface area (Å²) >= 11 is 0. The molecule has 0 radical (unpaired) electrons. The zero-order valence-electron chi connectivity index (χ0n) is 20.5. The van der Waals surface area contributed by atoms with Gasteiger partial charge in [0, 0.05) is 32.0 Å². The average molecular weight is 509 g/mol. The van der Waals surface area contributed by atoms with E-state index in [4.69, 9.17) is 4.42 Å². The first-order chi connectivity index (χ1) is 17.7. The molecule has 2 aromatic heterocycles. The van der Waals surface area contributed by atoms with E-state index in [0.717, 1.165) is 34.4 Å². The van der Waals surface area contributed by atoms with Crippen molar-refractivity contribution in [2.75, 3.05) is 0 Å². The summed E-state index contributed by atoms with van der Waals surface area (Å²) in [6.45, 7) is 5.21. The van der Waals surface area contributed by atoms with Crippen LogP contribution < -0.4 is 5.32 Å². The summed E-state index contributed by atoms with van der Waals surface area (Å²) in [7, 11) is 0. The third kappa shape index (κ3) is 7.27. The third-order valence-electron chi connectivity index (χ3n) is 5.87. The van der Waals surface area contributed by atoms with Gasteiger partial charge in [-0.05, 0) is 48.2 Å². The van der Waals surface area contributed by atoms with Gasteiger partial charge in [-0.2, -0.15) is 13.2 Å². The van der Waals surface area contributed by atoms with E-state index in [2.05, 4.69) is 21.4 Å². The monoisotopic (exact) mass is 508 g/mol. The number of nitrogens with zero attached hydrogens (tertiary/aromatic N) is 3. The van der Waals surface area contributed by atoms with Crippen LogP contribution in [0.15, 0.2) is 77.7 Å². The fourth-order valence-electron chi connectivity index (χ4n) is 3.99. The lowest BCUT2D eigenvalue weighted by Crippen LogP contribution is -2.24. The zero-order chi connectivity index (χ0) is 26.4. The molecule has 4 aromatic rings. The van der Waals surface area contributed by atoms with Crippen LogP contribution in [0.4, 0.5) is 13.2 Å². The van der Waals surface area contributed by atoms with Crippen molar-refractivity contribution in [2.45, 2.75) is 46.2 Å². The highest BCUT2D eigenvalue weighted by molar-refractivity contribution is 5.91. The number of aryl methyl sites for hydroxylation is 2. The molecular formula is C28H27F3N4O2. The molecule has 9 heteroatoms. The van der Waals surface area contributed by atoms with Crippen molar-refractivity contribution in [3.8, 4) is 0 Å². The molecule has 37 heavy (non-hydrogen) atoms. The van der Waals surface area contributed by atoms with E-state index in [-0.39, 0.29) is 18.8 Å². The first kappa shape index (κ1) is 26.1. The van der Waals surface area contributed by atoms with Gasteiger partial charge in [0.2, 0.25) is 5.89 Å². The van der Waals surface area contributed by atoms with Gasteiger partial charge in [-0.3, -0.25) is 14.7 Å². The van der Waals surface area contributed by atoms with Gasteiger partial charge in [0.05, 0.1) is 12.1 Å². The maximum atomic E-state index is 13.3. The lowest BCUT2D eigenvalue weighted by molar-refractivity contribution is -0.137. The molecule has 0 unspecified atom stereocenters. The van der Waals surface area contributed by atoms with Crippen LogP contribution in [0.5, 0.6) is 0 Å². The quantitative estimate of drug-likeness (QED) is 0.308. The van der Waals surface area contributed by atoms with Crippen LogP contribution in [0.25, 0.3) is 0 Å². The summed E-state index contributed by atoms with van der Waals surface area (Å²) in [4.78, 5) is 22.8. The van der Waals surface area contributed by atoms with E-state index in [1.807, 2.05) is 36.9 Å². The van der Waals surface area contributed by atoms with E-state index in [0.29, 0.717) is 24.5 Å². The van der Waals surface area contributed by atoms with Crippen LogP contribution in [-0.4, -0.2) is 20.8 Å². The van der Waals surface area contributed by atoms with E-state index >= 15 is 0 Å². The van der Waals surface area contributed by atoms with Crippen molar-refractivity contribution in [2.24, 2.45) is 0 Å². The number of aromatic nitrogens is 2. The van der Waals surface area contributed by atoms with Gasteiger partial charge in [0.25, 0.3) is 5.91 Å². The van der Waals surface area contributed by atoms with Crippen molar-refractivity contribution in [1.29, 1.82) is 0 Å². The minimum atomic E-state index is -4.42. The van der Waals surface area contributed by atoms with Crippen LogP contribution in [-0.2, 0) is 32.4 Å². The molecule has 0 atom stereocenters. The first-order valence-corrected chi connectivity index (χ1v) is 11.7. The van der Waals surface area contributed by atoms with E-state index in [1.165, 1.54) is 12.3 Å². The van der Waals surface area contributed by atoms with E-state index in [9.17, 15) is 18.0 Å². The number of alkyl halides is 3. The Morgan fingerprint density at radius 2 is 1.81 bits per heavy atom. The van der Waals surface area contributed by atoms with Crippen LogP contribution in [0.2, 0.25) is 0 Å². The number of benzene rings is 2. The lowest BCUT2D eigenvalue weighted by Gasteiger charge is -2.22. The highest BCUT2D eigenvalue weighted by Crippen LogP contribution is 2.30. The van der Waals surface area contributed by atoms with Gasteiger partial charge in [0.1, 0.15) is 6.26 Å². The number of carbonyl (C=O) groups is 1. The van der Waals surface area contributed by atoms with Crippen LogP contribution >= 0.6 is 0 Å². The lowest BCUT2D eigenvalue weighted by atomic mass is 10.0. The number of oxazole rings is 1. The Bertz CT molecular complexity index is 1350. The number of hydrogen-bond acceptors (Lipinski definition) is 5. The smallest absolute Gasteiger partial charge is 0.416 e. The molecule has 192 valence electrons. The molecule has 0 saturated carbocycles. The highest BCUT2D eigenvalue weighted by atomic mass is 19.4. The third-order valence-corrected chi connectivity index (χ3v) is 5.87. The van der Waals surface area contributed by atoms with Crippen molar-refractivity contribution >= 4 is 5.91 Å². The molecule has 6 nitrogen and oxygen atoms in total. The Hall–Kier alpha value is -3.98. The molecule has 0 saturated heterocycles. The Morgan fingerprint density at radius 1 is 1.00 bits per heavy atom. The second-order valence-electron chi connectivity index (χ2n) is 8.94. The fourth-order valence-corrected chi connectivity index (χ4v) is 3.99. The summed E-state index contributed by atoms with van der Waals surface area (Å²) in [5.74, 6) is -0.0964. The molecule has 2 aromatic carbocycles. The Labute approximate surface area is 213 Å². The highest BCUT2D eigenvalue weighted by Gasteiger charge is 2.30. The standard InChI is InChI=1S/C28H27F3N4O2/c1-19-8-9-23(20(2)11-19)16-35(15-21-5-3-7-24(12-21)28(29,30)31)17-26-34-25(18-37-26)27(36)33-14-22-6-4-10-32-13-22/h3-13,18H,14-17H2,1-2H3,(H,33,36). The summed E-state index contributed by atoms with van der Waals surface area (Å²) in [6, 6.07) is 15.0. The van der Waals surface area contributed by atoms with Gasteiger partial charge in [-0.25, -0.2) is 4.98 Å². The molecule has 0 bridgehead atoms. The van der Waals surface area contributed by atoms with E-state index in [1.54, 1.807) is 24.5 Å². The molecule has 0 aliphatic heterocycles. The number of halogens is 3. The van der Waals surface area contributed by atoms with Crippen molar-refractivity contribution in [3.63, 3.8) is 0 Å². The van der Waals surface area contributed by atoms with Gasteiger partial charge < -0.3 is 9.73 Å². The summed E-state index contributed by atoms with van der Waals surface area (Å²) in [5, 5.41) is 2.77. The molecular weight excluding hydrogens is 481 g/mol. The van der Waals surface area contributed by atoms with Crippen molar-refractivity contribution < 1.29 is 22.4 Å². The Balaban J connectivity index is 1.50. The maximum absolute atomic E-state index is 13.3. The molecule has 0 aliphatic carbocycles. The topological polar surface area (TPSA) is 71.3 Å². The van der Waals surface area contributed by atoms with Crippen molar-refractivity contribution in [1.82, 2.24) is 20.2 Å². The minimum Gasteiger partial charge on any atom is -0.447 e. The van der Waals surface area contributed by atoms with Gasteiger partial charge in [0.15, 0.2) is 5.69 Å². The van der Waals surface area contributed by atoms with Gasteiger partial charge in [-0.15, -0.1) is 0 Å². The second-order valence-corrected chi connectivity index (χ2v) is 8.94. The number of hydrogen-bond donors (Lipinski definition) is 1. The number of nitrogens with one attached hydrogen (secondary N) is 1. The largest absolute Gasteiger partial charge is 0.447 e. The predicted octanol–water partition coefficient (Wildman–Crippen LogP) is 5.84. The van der Waals surface area contributed by atoms with Crippen LogP contribution in [0.3, 0.4) is 0 Å².